The number of benzene rings is 1. The van der Waals surface area contributed by atoms with E-state index in [2.05, 4.69) is 16.4 Å². The topological polar surface area (TPSA) is 73.0 Å². The minimum absolute atomic E-state index is 0.245. The van der Waals surface area contributed by atoms with Gasteiger partial charge < -0.3 is 9.47 Å². The van der Waals surface area contributed by atoms with E-state index in [4.69, 9.17) is 14.7 Å². The molecular formula is C13H10N4O2. The molecule has 0 N–H and O–H groups in total. The highest BCUT2D eigenvalue weighted by Crippen LogP contribution is 2.42. The number of ether oxygens (including phenoxy) is 2. The molecule has 1 aromatic carbocycles. The summed E-state index contributed by atoms with van der Waals surface area (Å²) in [5.74, 6) is 1.83. The van der Waals surface area contributed by atoms with Gasteiger partial charge in [-0.1, -0.05) is 5.21 Å². The first-order chi connectivity index (χ1) is 9.36. The van der Waals surface area contributed by atoms with Crippen LogP contribution in [0.4, 0.5) is 0 Å². The van der Waals surface area contributed by atoms with Crippen molar-refractivity contribution in [3.8, 4) is 23.3 Å². The first kappa shape index (κ1) is 10.4. The maximum atomic E-state index is 9.10. The van der Waals surface area contributed by atoms with Crippen LogP contribution in [0.3, 0.4) is 0 Å². The second-order valence-corrected chi connectivity index (χ2v) is 4.66. The van der Waals surface area contributed by atoms with Gasteiger partial charge in [0.1, 0.15) is 6.07 Å². The highest BCUT2D eigenvalue weighted by molar-refractivity contribution is 5.51. The molecule has 94 valence electrons. The molecule has 6 heteroatoms. The van der Waals surface area contributed by atoms with Crippen molar-refractivity contribution in [3.63, 3.8) is 0 Å². The number of nitrogens with zero attached hydrogens (tertiary/aromatic N) is 4. The van der Waals surface area contributed by atoms with Crippen molar-refractivity contribution < 1.29 is 9.47 Å². The van der Waals surface area contributed by atoms with Crippen LogP contribution < -0.4 is 9.47 Å². The number of hydrogen-bond donors (Lipinski definition) is 0. The summed E-state index contributed by atoms with van der Waals surface area (Å²) in [7, 11) is 0. The van der Waals surface area contributed by atoms with Crippen molar-refractivity contribution in [2.24, 2.45) is 0 Å². The maximum absolute atomic E-state index is 9.10. The maximum Gasteiger partial charge on any atom is 0.231 e. The van der Waals surface area contributed by atoms with E-state index in [1.165, 1.54) is 0 Å². The van der Waals surface area contributed by atoms with Gasteiger partial charge in [-0.2, -0.15) is 5.26 Å². The van der Waals surface area contributed by atoms with Gasteiger partial charge in [-0.05, 0) is 25.0 Å². The Bertz CT molecular complexity index is 697. The average Bonchev–Trinajstić information content (AvgIpc) is 3.02. The minimum atomic E-state index is 0.245. The third kappa shape index (κ3) is 1.55. The lowest BCUT2D eigenvalue weighted by molar-refractivity contribution is 0.174. The molecule has 19 heavy (non-hydrogen) atoms. The normalized spacial score (nSPS) is 16.4. The highest BCUT2D eigenvalue weighted by Gasteiger charge is 2.32. The summed E-state index contributed by atoms with van der Waals surface area (Å²) in [6.07, 6.45) is 2.18. The Labute approximate surface area is 109 Å². The molecule has 0 bridgehead atoms. The van der Waals surface area contributed by atoms with Gasteiger partial charge >= 0.3 is 0 Å². The van der Waals surface area contributed by atoms with E-state index in [1.807, 2.05) is 18.2 Å². The smallest absolute Gasteiger partial charge is 0.231 e. The summed E-state index contributed by atoms with van der Waals surface area (Å²) >= 11 is 0. The molecule has 0 unspecified atom stereocenters. The molecular weight excluding hydrogens is 244 g/mol. The monoisotopic (exact) mass is 254 g/mol. The lowest BCUT2D eigenvalue weighted by Gasteiger charge is -2.06. The van der Waals surface area contributed by atoms with Crippen molar-refractivity contribution in [2.75, 3.05) is 6.79 Å². The Morgan fingerprint density at radius 1 is 1.26 bits per heavy atom. The third-order valence-electron chi connectivity index (χ3n) is 3.38. The molecule has 1 aliphatic carbocycles. The molecule has 6 nitrogen and oxygen atoms in total. The van der Waals surface area contributed by atoms with Crippen molar-refractivity contribution >= 4 is 0 Å². The molecule has 0 saturated heterocycles. The second kappa shape index (κ2) is 3.72. The quantitative estimate of drug-likeness (QED) is 0.816. The van der Waals surface area contributed by atoms with Crippen LogP contribution in [0.1, 0.15) is 30.1 Å². The van der Waals surface area contributed by atoms with Gasteiger partial charge in [0.25, 0.3) is 0 Å². The van der Waals surface area contributed by atoms with Gasteiger partial charge in [-0.15, -0.1) is 5.10 Å². The molecule has 0 spiro atoms. The van der Waals surface area contributed by atoms with Gasteiger partial charge in [-0.3, -0.25) is 0 Å². The summed E-state index contributed by atoms with van der Waals surface area (Å²) in [6, 6.07) is 7.72. The van der Waals surface area contributed by atoms with Crippen LogP contribution in [0.2, 0.25) is 0 Å². The van der Waals surface area contributed by atoms with Crippen molar-refractivity contribution in [2.45, 2.75) is 18.8 Å². The van der Waals surface area contributed by atoms with Crippen LogP contribution in [0, 0.1) is 11.3 Å². The molecule has 4 rings (SSSR count). The molecule has 2 aromatic rings. The summed E-state index contributed by atoms with van der Waals surface area (Å²) < 4.78 is 12.4. The highest BCUT2D eigenvalue weighted by atomic mass is 16.7. The van der Waals surface area contributed by atoms with Crippen LogP contribution in [0.15, 0.2) is 18.2 Å². The molecule has 1 aliphatic heterocycles. The van der Waals surface area contributed by atoms with Gasteiger partial charge in [0.15, 0.2) is 17.2 Å². The fourth-order valence-corrected chi connectivity index (χ4v) is 2.30. The molecule has 2 aliphatic rings. The molecule has 1 saturated carbocycles. The van der Waals surface area contributed by atoms with Gasteiger partial charge in [0.2, 0.25) is 6.79 Å². The van der Waals surface area contributed by atoms with Crippen molar-refractivity contribution in [1.82, 2.24) is 15.0 Å². The van der Waals surface area contributed by atoms with E-state index < -0.39 is 0 Å². The molecule has 0 amide bonds. The molecule has 1 fully saturated rings. The Balaban J connectivity index is 1.84. The Kier molecular flexibility index (Phi) is 2.03. The second-order valence-electron chi connectivity index (χ2n) is 4.66. The molecule has 0 radical (unpaired) electrons. The van der Waals surface area contributed by atoms with E-state index in [0.29, 0.717) is 17.4 Å². The van der Waals surface area contributed by atoms with Crippen molar-refractivity contribution in [1.29, 1.82) is 5.26 Å². The van der Waals surface area contributed by atoms with Crippen LogP contribution in [-0.4, -0.2) is 21.8 Å². The van der Waals surface area contributed by atoms with Crippen LogP contribution in [0.5, 0.6) is 11.5 Å². The fraction of sp³-hybridized carbons (Fsp3) is 0.308. The number of fused-ring (bicyclic) bond motifs is 1. The van der Waals surface area contributed by atoms with E-state index in [1.54, 1.807) is 4.68 Å². The van der Waals surface area contributed by atoms with Gasteiger partial charge in [0.05, 0.1) is 11.4 Å². The number of aromatic nitrogens is 3. The lowest BCUT2D eigenvalue weighted by Crippen LogP contribution is -2.02. The summed E-state index contributed by atoms with van der Waals surface area (Å²) in [5, 5.41) is 17.1. The SMILES string of the molecule is N#Cc1nnn(-c2ccc3c(c2)OCO3)c1C1CC1. The van der Waals surface area contributed by atoms with Crippen LogP contribution in [0.25, 0.3) is 5.69 Å². The van der Waals surface area contributed by atoms with E-state index >= 15 is 0 Å². The predicted molar refractivity (Wildman–Crippen MR) is 64.2 cm³/mol. The standard InChI is InChI=1S/C13H10N4O2/c14-6-10-13(8-1-2-8)17(16-15-10)9-3-4-11-12(5-9)19-7-18-11/h3-5,8H,1-2,7H2. The number of nitriles is 1. The summed E-state index contributed by atoms with van der Waals surface area (Å²) in [6.45, 7) is 0.245. The fourth-order valence-electron chi connectivity index (χ4n) is 2.30. The van der Waals surface area contributed by atoms with Crippen LogP contribution >= 0.6 is 0 Å². The summed E-state index contributed by atoms with van der Waals surface area (Å²) in [5.41, 5.74) is 2.17. The zero-order valence-corrected chi connectivity index (χ0v) is 10.0. The number of hydrogen-bond acceptors (Lipinski definition) is 5. The minimum Gasteiger partial charge on any atom is -0.454 e. The predicted octanol–water partition coefficient (Wildman–Crippen LogP) is 1.75. The van der Waals surface area contributed by atoms with E-state index in [0.717, 1.165) is 30.0 Å². The van der Waals surface area contributed by atoms with E-state index in [9.17, 15) is 0 Å². The number of rotatable bonds is 2. The first-order valence-corrected chi connectivity index (χ1v) is 6.12. The van der Waals surface area contributed by atoms with Crippen LogP contribution in [-0.2, 0) is 0 Å². The lowest BCUT2D eigenvalue weighted by atomic mass is 10.2. The van der Waals surface area contributed by atoms with Gasteiger partial charge in [0, 0.05) is 12.0 Å². The molecule has 2 heterocycles. The van der Waals surface area contributed by atoms with E-state index in [-0.39, 0.29) is 6.79 Å². The van der Waals surface area contributed by atoms with Gasteiger partial charge in [-0.25, -0.2) is 4.68 Å². The zero-order valence-electron chi connectivity index (χ0n) is 10.0. The molecule has 0 atom stereocenters. The van der Waals surface area contributed by atoms with Crippen molar-refractivity contribution in [3.05, 3.63) is 29.6 Å². The zero-order chi connectivity index (χ0) is 12.8. The average molecular weight is 254 g/mol. The largest absolute Gasteiger partial charge is 0.454 e. The first-order valence-electron chi connectivity index (χ1n) is 6.12. The third-order valence-corrected chi connectivity index (χ3v) is 3.38. The Morgan fingerprint density at radius 2 is 2.11 bits per heavy atom. The Morgan fingerprint density at radius 3 is 2.89 bits per heavy atom. The Hall–Kier alpha value is -2.55. The molecule has 1 aromatic heterocycles. The summed E-state index contributed by atoms with van der Waals surface area (Å²) in [4.78, 5) is 0.